The molecule has 6 aromatic rings. The molecule has 0 unspecified atom stereocenters. The number of methoxy groups -OCH3 is 2. The van der Waals surface area contributed by atoms with Crippen molar-refractivity contribution in [2.75, 3.05) is 14.2 Å². The number of nitrogens with zero attached hydrogens (tertiary/aromatic N) is 2. The third kappa shape index (κ3) is 5.56. The maximum Gasteiger partial charge on any atom is 0.337 e. The van der Waals surface area contributed by atoms with Gasteiger partial charge in [0.05, 0.1) is 47.5 Å². The second kappa shape index (κ2) is 12.7. The zero-order valence-electron chi connectivity index (χ0n) is 25.4. The first-order valence-electron chi connectivity index (χ1n) is 14.4. The van der Waals surface area contributed by atoms with Crippen LogP contribution in [0.15, 0.2) is 114 Å². The summed E-state index contributed by atoms with van der Waals surface area (Å²) >= 11 is 0. The second-order valence-corrected chi connectivity index (χ2v) is 12.5. The number of rotatable bonds is 8. The highest BCUT2D eigenvalue weighted by Gasteiger charge is 2.30. The smallest absolute Gasteiger partial charge is 0.337 e. The quantitative estimate of drug-likeness (QED) is 0.151. The van der Waals surface area contributed by atoms with Gasteiger partial charge in [-0.05, 0) is 66.2 Å². The van der Waals surface area contributed by atoms with E-state index in [4.69, 9.17) is 9.47 Å². The van der Waals surface area contributed by atoms with Crippen LogP contribution in [-0.4, -0.2) is 32.6 Å². The third-order valence-electron chi connectivity index (χ3n) is 7.94. The van der Waals surface area contributed by atoms with Crippen molar-refractivity contribution in [2.45, 2.75) is 11.3 Å². The van der Waals surface area contributed by atoms with Gasteiger partial charge in [-0.2, -0.15) is 5.26 Å². The Hall–Kier alpha value is -5.86. The average molecular weight is 667 g/mol. The van der Waals surface area contributed by atoms with E-state index in [9.17, 15) is 31.6 Å². The van der Waals surface area contributed by atoms with E-state index < -0.39 is 28.2 Å². The minimum Gasteiger partial charge on any atom is -0.496 e. The predicted octanol–water partition coefficient (Wildman–Crippen LogP) is 8.62. The molecule has 48 heavy (non-hydrogen) atoms. The Morgan fingerprint density at radius 2 is 1.56 bits per heavy atom. The molecule has 0 N–H and O–H groups in total. The van der Waals surface area contributed by atoms with E-state index in [0.717, 1.165) is 34.3 Å². The van der Waals surface area contributed by atoms with Crippen molar-refractivity contribution in [3.8, 4) is 45.3 Å². The molecule has 11 heteroatoms. The number of hydrogen-bond donors (Lipinski definition) is 0. The zero-order chi connectivity index (χ0) is 34.2. The fourth-order valence-electron chi connectivity index (χ4n) is 5.72. The zero-order valence-corrected chi connectivity index (χ0v) is 26.3. The molecular weight excluding hydrogens is 641 g/mol. The first-order valence-corrected chi connectivity index (χ1v) is 15.9. The molecule has 0 saturated carbocycles. The number of alkyl halides is 2. The van der Waals surface area contributed by atoms with E-state index in [1.165, 1.54) is 32.4 Å². The number of carbonyl (C=O) groups excluding carboxylic acids is 1. The SMILES string of the molecule is COC(=O)c1ccc(-c2cccc(-c3c(-c4ccccc4C#N)c4cc(F)ccc4n3S(=O)(=O)c3ccc(C(F)F)cc3)c2)c(OC)c1. The number of carbonyl (C=O) groups is 1. The van der Waals surface area contributed by atoms with E-state index in [-0.39, 0.29) is 43.7 Å². The van der Waals surface area contributed by atoms with Gasteiger partial charge in [0.2, 0.25) is 0 Å². The molecule has 0 aliphatic heterocycles. The standard InChI is InChI=1S/C37H25F3N2O5S/c1-46-33-19-25(37(43)47-2)12-16-29(33)23-7-5-8-24(18-23)35-34(30-9-4-3-6-26(30)21-41)31-20-27(38)13-17-32(31)42(35)48(44,45)28-14-10-22(11-15-28)36(39)40/h3-20,36H,1-2H3. The number of halogens is 3. The normalized spacial score (nSPS) is 11.4. The monoisotopic (exact) mass is 666 g/mol. The van der Waals surface area contributed by atoms with E-state index in [1.54, 1.807) is 60.7 Å². The molecule has 240 valence electrons. The van der Waals surface area contributed by atoms with Crippen LogP contribution in [0.25, 0.3) is 44.4 Å². The van der Waals surface area contributed by atoms with Crippen LogP contribution in [0.5, 0.6) is 5.75 Å². The number of ether oxygens (including phenoxy) is 2. The van der Waals surface area contributed by atoms with Crippen LogP contribution in [0.2, 0.25) is 0 Å². The van der Waals surface area contributed by atoms with Gasteiger partial charge in [-0.3, -0.25) is 0 Å². The van der Waals surface area contributed by atoms with Crippen LogP contribution in [0.4, 0.5) is 13.2 Å². The summed E-state index contributed by atoms with van der Waals surface area (Å²) in [7, 11) is -1.82. The molecule has 0 bridgehead atoms. The van der Waals surface area contributed by atoms with Crippen molar-refractivity contribution in [1.82, 2.24) is 3.97 Å². The maximum atomic E-state index is 14.9. The number of fused-ring (bicyclic) bond motifs is 1. The van der Waals surface area contributed by atoms with Gasteiger partial charge in [0.25, 0.3) is 16.4 Å². The van der Waals surface area contributed by atoms with Crippen LogP contribution in [-0.2, 0) is 14.8 Å². The summed E-state index contributed by atoms with van der Waals surface area (Å²) in [5.41, 5.74) is 2.52. The predicted molar refractivity (Wildman–Crippen MR) is 175 cm³/mol. The molecule has 1 aromatic heterocycles. The lowest BCUT2D eigenvalue weighted by Gasteiger charge is -2.16. The van der Waals surface area contributed by atoms with Gasteiger partial charge in [-0.25, -0.2) is 30.4 Å². The lowest BCUT2D eigenvalue weighted by atomic mass is 9.93. The van der Waals surface area contributed by atoms with Gasteiger partial charge in [0, 0.05) is 33.2 Å². The Morgan fingerprint density at radius 3 is 2.25 bits per heavy atom. The Bertz CT molecular complexity index is 2360. The molecule has 5 aromatic carbocycles. The number of aromatic nitrogens is 1. The van der Waals surface area contributed by atoms with E-state index in [1.807, 2.05) is 0 Å². The first kappa shape index (κ1) is 32.1. The van der Waals surface area contributed by atoms with Crippen molar-refractivity contribution in [3.63, 3.8) is 0 Å². The first-order chi connectivity index (χ1) is 23.1. The highest BCUT2D eigenvalue weighted by Crippen LogP contribution is 2.45. The van der Waals surface area contributed by atoms with Crippen LogP contribution in [0.1, 0.15) is 27.9 Å². The Morgan fingerprint density at radius 1 is 0.833 bits per heavy atom. The second-order valence-electron chi connectivity index (χ2n) is 10.7. The summed E-state index contributed by atoms with van der Waals surface area (Å²) in [6.07, 6.45) is -2.80. The largest absolute Gasteiger partial charge is 0.496 e. The summed E-state index contributed by atoms with van der Waals surface area (Å²) in [4.78, 5) is 11.9. The summed E-state index contributed by atoms with van der Waals surface area (Å²) in [5.74, 6) is -0.845. The van der Waals surface area contributed by atoms with Crippen molar-refractivity contribution in [2.24, 2.45) is 0 Å². The van der Waals surface area contributed by atoms with Crippen LogP contribution < -0.4 is 4.74 Å². The van der Waals surface area contributed by atoms with E-state index in [2.05, 4.69) is 6.07 Å². The summed E-state index contributed by atoms with van der Waals surface area (Å²) in [6.45, 7) is 0. The van der Waals surface area contributed by atoms with Crippen LogP contribution in [0, 0.1) is 17.1 Å². The van der Waals surface area contributed by atoms with Crippen molar-refractivity contribution in [1.29, 1.82) is 5.26 Å². The molecule has 7 nitrogen and oxygen atoms in total. The van der Waals surface area contributed by atoms with Crippen LogP contribution >= 0.6 is 0 Å². The van der Waals surface area contributed by atoms with Gasteiger partial charge in [-0.15, -0.1) is 0 Å². The van der Waals surface area contributed by atoms with E-state index in [0.29, 0.717) is 28.0 Å². The molecule has 0 radical (unpaired) electrons. The van der Waals surface area contributed by atoms with Gasteiger partial charge in [0.1, 0.15) is 11.6 Å². The molecule has 0 atom stereocenters. The topological polar surface area (TPSA) is 98.4 Å². The fraction of sp³-hybridized carbons (Fsp3) is 0.0811. The third-order valence-corrected chi connectivity index (χ3v) is 9.67. The number of esters is 1. The summed E-state index contributed by atoms with van der Waals surface area (Å²) < 4.78 is 82.3. The lowest BCUT2D eigenvalue weighted by molar-refractivity contribution is 0.0600. The van der Waals surface area contributed by atoms with Crippen LogP contribution in [0.3, 0.4) is 0 Å². The highest BCUT2D eigenvalue weighted by atomic mass is 32.2. The Kier molecular flexibility index (Phi) is 8.52. The minimum atomic E-state index is -4.52. The fourth-order valence-corrected chi connectivity index (χ4v) is 7.26. The maximum absolute atomic E-state index is 14.9. The Balaban J connectivity index is 1.70. The average Bonchev–Trinajstić information content (AvgIpc) is 3.45. The number of nitriles is 1. The Labute approximate surface area is 274 Å². The van der Waals surface area contributed by atoms with E-state index >= 15 is 0 Å². The number of hydrogen-bond acceptors (Lipinski definition) is 6. The van der Waals surface area contributed by atoms with Crippen molar-refractivity contribution >= 4 is 26.9 Å². The molecular formula is C37H25F3N2O5S. The molecule has 0 saturated heterocycles. The molecule has 6 rings (SSSR count). The minimum absolute atomic E-state index is 0.109. The highest BCUT2D eigenvalue weighted by molar-refractivity contribution is 7.90. The van der Waals surface area contributed by atoms with Gasteiger partial charge in [0.15, 0.2) is 0 Å². The molecule has 0 amide bonds. The number of benzene rings is 5. The molecule has 0 aliphatic rings. The molecule has 0 fully saturated rings. The van der Waals surface area contributed by atoms with Gasteiger partial charge in [-0.1, -0.05) is 48.5 Å². The summed E-state index contributed by atoms with van der Waals surface area (Å²) in [5, 5.41) is 10.3. The van der Waals surface area contributed by atoms with Gasteiger partial charge < -0.3 is 9.47 Å². The van der Waals surface area contributed by atoms with Gasteiger partial charge >= 0.3 is 5.97 Å². The van der Waals surface area contributed by atoms with Crippen molar-refractivity contribution < 1.29 is 35.9 Å². The molecule has 0 aliphatic carbocycles. The molecule has 0 spiro atoms. The summed E-state index contributed by atoms with van der Waals surface area (Å²) in [6, 6.07) is 28.3. The van der Waals surface area contributed by atoms with Crippen molar-refractivity contribution in [3.05, 3.63) is 132 Å². The molecule has 1 heterocycles. The lowest BCUT2D eigenvalue weighted by Crippen LogP contribution is -2.14.